The Morgan fingerprint density at radius 3 is 2.75 bits per heavy atom. The number of fused-ring (bicyclic) bond motifs is 1. The van der Waals surface area contributed by atoms with Crippen molar-refractivity contribution in [3.63, 3.8) is 0 Å². The minimum atomic E-state index is -1.18. The van der Waals surface area contributed by atoms with Gasteiger partial charge in [0.1, 0.15) is 23.5 Å². The summed E-state index contributed by atoms with van der Waals surface area (Å²) in [5.41, 5.74) is 6.82. The smallest absolute Gasteiger partial charge is 0.435 e. The average Bonchev–Trinajstić information content (AvgIpc) is 2.73. The molecule has 9 nitrogen and oxygen atoms in total. The van der Waals surface area contributed by atoms with Crippen LogP contribution in [0.25, 0.3) is 0 Å². The summed E-state index contributed by atoms with van der Waals surface area (Å²) in [4.78, 5) is 38.1. The third kappa shape index (κ3) is 5.60. The van der Waals surface area contributed by atoms with Crippen LogP contribution in [0.15, 0.2) is 41.4 Å². The van der Waals surface area contributed by atoms with Crippen molar-refractivity contribution in [3.8, 4) is 5.75 Å². The summed E-state index contributed by atoms with van der Waals surface area (Å²) < 4.78 is 24.8. The number of amides is 2. The van der Waals surface area contributed by atoms with Crippen molar-refractivity contribution >= 4 is 29.5 Å². The number of ether oxygens (including phenoxy) is 2. The van der Waals surface area contributed by atoms with Crippen molar-refractivity contribution in [1.29, 1.82) is 0 Å². The van der Waals surface area contributed by atoms with Gasteiger partial charge >= 0.3 is 6.09 Å². The van der Waals surface area contributed by atoms with E-state index in [9.17, 15) is 23.9 Å². The van der Waals surface area contributed by atoms with Gasteiger partial charge in [0.05, 0.1) is 12.2 Å². The molecule has 1 heterocycles. The molecule has 3 rings (SSSR count). The molecule has 168 valence electrons. The second-order valence-corrected chi connectivity index (χ2v) is 7.02. The van der Waals surface area contributed by atoms with Crippen LogP contribution in [-0.4, -0.2) is 36.5 Å². The number of aliphatic imine (C=N–C) groups is 1. The van der Waals surface area contributed by atoms with Crippen molar-refractivity contribution in [3.05, 3.63) is 58.9 Å². The van der Waals surface area contributed by atoms with Crippen LogP contribution in [0.4, 0.5) is 14.9 Å². The zero-order valence-corrected chi connectivity index (χ0v) is 17.2. The predicted molar refractivity (Wildman–Crippen MR) is 111 cm³/mol. The van der Waals surface area contributed by atoms with Crippen molar-refractivity contribution < 1.29 is 33.4 Å². The van der Waals surface area contributed by atoms with Crippen LogP contribution < -0.4 is 20.9 Å². The molecule has 1 unspecified atom stereocenters. The van der Waals surface area contributed by atoms with Crippen molar-refractivity contribution in [2.75, 3.05) is 11.9 Å². The Morgan fingerprint density at radius 2 is 2.06 bits per heavy atom. The Hall–Kier alpha value is -3.95. The van der Waals surface area contributed by atoms with Gasteiger partial charge in [0, 0.05) is 23.6 Å². The number of rotatable bonds is 6. The Labute approximate surface area is 183 Å². The zero-order valence-electron chi connectivity index (χ0n) is 17.2. The lowest BCUT2D eigenvalue weighted by Gasteiger charge is -2.26. The lowest BCUT2D eigenvalue weighted by Crippen LogP contribution is -2.32. The molecule has 0 aromatic heterocycles. The number of carbonyl (C=O) groups is 3. The summed E-state index contributed by atoms with van der Waals surface area (Å²) >= 11 is 0. The van der Waals surface area contributed by atoms with E-state index >= 15 is 0 Å². The molecule has 1 aliphatic rings. The summed E-state index contributed by atoms with van der Waals surface area (Å²) in [6.07, 6.45) is -0.472. The van der Waals surface area contributed by atoms with Crippen LogP contribution in [0.1, 0.15) is 41.3 Å². The molecule has 1 aliphatic heterocycles. The minimum Gasteiger partial charge on any atom is -0.550 e. The molecule has 1 atom stereocenters. The molecule has 2 amide bonds. The van der Waals surface area contributed by atoms with Gasteiger partial charge in [-0.15, -0.1) is 0 Å². The second kappa shape index (κ2) is 9.90. The number of nitrogens with zero attached hydrogens (tertiary/aromatic N) is 1. The zero-order chi connectivity index (χ0) is 23.3. The highest BCUT2D eigenvalue weighted by atomic mass is 19.1. The van der Waals surface area contributed by atoms with E-state index in [1.54, 1.807) is 25.1 Å². The predicted octanol–water partition coefficient (Wildman–Crippen LogP) is 1.77. The largest absolute Gasteiger partial charge is 0.550 e. The van der Waals surface area contributed by atoms with E-state index in [0.29, 0.717) is 24.3 Å². The first-order valence-electron chi connectivity index (χ1n) is 9.88. The molecular formula is C22H21FN3O6-. The fourth-order valence-electron chi connectivity index (χ4n) is 3.23. The molecule has 0 aliphatic carbocycles. The van der Waals surface area contributed by atoms with Crippen LogP contribution in [0.3, 0.4) is 0 Å². The van der Waals surface area contributed by atoms with Crippen molar-refractivity contribution in [1.82, 2.24) is 0 Å². The molecule has 2 aromatic carbocycles. The number of halogens is 1. The number of hydrogen-bond donors (Lipinski definition) is 2. The van der Waals surface area contributed by atoms with Crippen LogP contribution in [0, 0.1) is 5.82 Å². The number of hydrogen-bond acceptors (Lipinski definition) is 6. The third-order valence-corrected chi connectivity index (χ3v) is 4.73. The van der Waals surface area contributed by atoms with E-state index < -0.39 is 29.9 Å². The molecule has 0 bridgehead atoms. The first-order chi connectivity index (χ1) is 15.3. The van der Waals surface area contributed by atoms with E-state index in [1.165, 1.54) is 12.1 Å². The average molecular weight is 442 g/mol. The Bertz CT molecular complexity index is 1090. The number of carboxylic acid groups (broad SMARTS) is 1. The lowest BCUT2D eigenvalue weighted by molar-refractivity contribution is -0.307. The maximum absolute atomic E-state index is 14.5. The fourth-order valence-corrected chi connectivity index (χ4v) is 3.23. The number of aryl methyl sites for hydroxylation is 1. The molecule has 0 radical (unpaired) electrons. The van der Waals surface area contributed by atoms with Crippen LogP contribution in [0.2, 0.25) is 0 Å². The van der Waals surface area contributed by atoms with Gasteiger partial charge in [0.15, 0.2) is 0 Å². The number of carboxylic acids is 1. The molecule has 10 heteroatoms. The van der Waals surface area contributed by atoms with E-state index in [4.69, 9.17) is 10.5 Å². The highest BCUT2D eigenvalue weighted by Crippen LogP contribution is 2.31. The van der Waals surface area contributed by atoms with E-state index in [0.717, 1.165) is 11.6 Å². The highest BCUT2D eigenvalue weighted by Gasteiger charge is 2.21. The number of nitrogens with one attached hydrogen (secondary N) is 1. The van der Waals surface area contributed by atoms with Crippen LogP contribution in [-0.2, 0) is 16.0 Å². The molecule has 2 aromatic rings. The lowest BCUT2D eigenvalue weighted by atomic mass is 10.00. The normalized spacial score (nSPS) is 15.3. The van der Waals surface area contributed by atoms with Gasteiger partial charge in [0.2, 0.25) is 0 Å². The minimum absolute atomic E-state index is 0.123. The van der Waals surface area contributed by atoms with Crippen molar-refractivity contribution in [2.24, 2.45) is 10.7 Å². The number of anilines is 1. The number of carbonyl (C=O) groups excluding carboxylic acids is 3. The number of aliphatic carboxylic acids is 1. The van der Waals surface area contributed by atoms with Gasteiger partial charge in [-0.1, -0.05) is 6.07 Å². The Balaban J connectivity index is 1.70. The summed E-state index contributed by atoms with van der Waals surface area (Å²) in [6, 6.07) is 8.50. The fraction of sp³-hybridized carbons (Fsp3) is 0.273. The number of nitrogens with two attached hydrogens (primary N) is 1. The van der Waals surface area contributed by atoms with Crippen LogP contribution in [0.5, 0.6) is 5.75 Å². The van der Waals surface area contributed by atoms with E-state index in [2.05, 4.69) is 15.0 Å². The molecular weight excluding hydrogens is 421 g/mol. The van der Waals surface area contributed by atoms with Gasteiger partial charge < -0.3 is 30.4 Å². The molecule has 0 fully saturated rings. The highest BCUT2D eigenvalue weighted by molar-refractivity contribution is 6.06. The molecule has 0 saturated carbocycles. The van der Waals surface area contributed by atoms with Gasteiger partial charge in [-0.3, -0.25) is 4.79 Å². The monoisotopic (exact) mass is 442 g/mol. The van der Waals surface area contributed by atoms with Gasteiger partial charge in [-0.05, 0) is 55.7 Å². The first kappa shape index (κ1) is 22.7. The SMILES string of the molecule is CCOC(=O)/N=C(\N)c1ccc(C(=O)Nc2ccc3c(c2)CCC(CC(=O)[O-])O3)c(F)c1. The molecule has 0 spiro atoms. The third-order valence-electron chi connectivity index (χ3n) is 4.73. The Morgan fingerprint density at radius 1 is 1.28 bits per heavy atom. The van der Waals surface area contributed by atoms with Crippen molar-refractivity contribution in [2.45, 2.75) is 32.3 Å². The van der Waals surface area contributed by atoms with E-state index in [1.807, 2.05) is 0 Å². The number of benzene rings is 2. The van der Waals surface area contributed by atoms with Crippen LogP contribution >= 0.6 is 0 Å². The Kier molecular flexibility index (Phi) is 7.04. The summed E-state index contributed by atoms with van der Waals surface area (Å²) in [5, 5.41) is 13.4. The van der Waals surface area contributed by atoms with Gasteiger partial charge in [-0.2, -0.15) is 4.99 Å². The molecule has 32 heavy (non-hydrogen) atoms. The summed E-state index contributed by atoms with van der Waals surface area (Å²) in [7, 11) is 0. The maximum Gasteiger partial charge on any atom is 0.435 e. The summed E-state index contributed by atoms with van der Waals surface area (Å²) in [5.74, 6) is -2.40. The first-order valence-corrected chi connectivity index (χ1v) is 9.88. The van der Waals surface area contributed by atoms with Gasteiger partial charge in [-0.25, -0.2) is 9.18 Å². The van der Waals surface area contributed by atoms with Gasteiger partial charge in [0.25, 0.3) is 5.91 Å². The molecule has 0 saturated heterocycles. The maximum atomic E-state index is 14.5. The summed E-state index contributed by atoms with van der Waals surface area (Å²) in [6.45, 7) is 1.73. The molecule has 3 N–H and O–H groups in total. The number of amidine groups is 1. The second-order valence-electron chi connectivity index (χ2n) is 7.02. The standard InChI is InChI=1S/C22H22FN3O6/c1-2-31-22(30)26-20(24)13-4-7-16(17(23)10-13)21(29)25-14-5-8-18-12(9-14)3-6-15(32-18)11-19(27)28/h4-5,7-10,15H,2-3,6,11H2,1H3,(H,25,29)(H,27,28)(H2,24,26,30)/p-1. The quantitative estimate of drug-likeness (QED) is 0.513. The topological polar surface area (TPSA) is 143 Å². The van der Waals surface area contributed by atoms with E-state index in [-0.39, 0.29) is 30.0 Å².